The zero-order chi connectivity index (χ0) is 12.5. The van der Waals surface area contributed by atoms with Crippen molar-refractivity contribution >= 4 is 22.7 Å². The van der Waals surface area contributed by atoms with Gasteiger partial charge in [0.05, 0.1) is 11.5 Å². The number of aliphatic hydroxyl groups is 1. The molecule has 0 aromatic heterocycles. The van der Waals surface area contributed by atoms with Crippen LogP contribution in [0.5, 0.6) is 0 Å². The maximum Gasteiger partial charge on any atom is 0.243 e. The number of hydrogen-bond acceptors (Lipinski definition) is 4. The second kappa shape index (κ2) is 4.97. The topological polar surface area (TPSA) is 57.6 Å². The van der Waals surface area contributed by atoms with Crippen LogP contribution in [0, 0.1) is 0 Å². The Bertz CT molecular complexity index is 501. The summed E-state index contributed by atoms with van der Waals surface area (Å²) in [6.45, 7) is 0.351. The monoisotopic (exact) mass is 273 g/mol. The Balaban J connectivity index is 2.36. The molecule has 1 heterocycles. The van der Waals surface area contributed by atoms with Gasteiger partial charge >= 0.3 is 0 Å². The number of rotatable bonds is 3. The minimum atomic E-state index is -3.50. The van der Waals surface area contributed by atoms with Gasteiger partial charge in [-0.25, -0.2) is 8.42 Å². The van der Waals surface area contributed by atoms with E-state index in [-0.39, 0.29) is 17.5 Å². The molecule has 6 heteroatoms. The van der Waals surface area contributed by atoms with Gasteiger partial charge in [0, 0.05) is 17.5 Å². The number of nitrogens with zero attached hydrogens (tertiary/aromatic N) is 1. The average molecular weight is 273 g/mol. The van der Waals surface area contributed by atoms with Crippen LogP contribution in [0.1, 0.15) is 12.8 Å². The quantitative estimate of drug-likeness (QED) is 0.812. The molecule has 1 aliphatic rings. The van der Waals surface area contributed by atoms with Gasteiger partial charge in [-0.1, -0.05) is 6.07 Å². The Kier molecular flexibility index (Phi) is 3.77. The van der Waals surface area contributed by atoms with Crippen molar-refractivity contribution in [1.82, 2.24) is 4.31 Å². The summed E-state index contributed by atoms with van der Waals surface area (Å²) in [5, 5.41) is 9.18. The summed E-state index contributed by atoms with van der Waals surface area (Å²) in [4.78, 5) is 0.858. The summed E-state index contributed by atoms with van der Waals surface area (Å²) < 4.78 is 26.1. The van der Waals surface area contributed by atoms with Crippen LogP contribution in [0.25, 0.3) is 0 Å². The molecule has 1 aliphatic heterocycles. The molecule has 0 amide bonds. The molecule has 1 N–H and O–H groups in total. The lowest BCUT2D eigenvalue weighted by Gasteiger charge is -2.22. The molecule has 1 aromatic carbocycles. The first-order chi connectivity index (χ1) is 8.05. The van der Waals surface area contributed by atoms with Crippen LogP contribution in [-0.4, -0.2) is 37.0 Å². The van der Waals surface area contributed by atoms with Gasteiger partial charge in [-0.05, 0) is 31.0 Å². The van der Waals surface area contributed by atoms with E-state index >= 15 is 0 Å². The van der Waals surface area contributed by atoms with Crippen LogP contribution in [0.15, 0.2) is 34.1 Å². The fraction of sp³-hybridized carbons (Fsp3) is 0.455. The van der Waals surface area contributed by atoms with Crippen molar-refractivity contribution in [2.45, 2.75) is 28.7 Å². The van der Waals surface area contributed by atoms with Crippen molar-refractivity contribution in [3.05, 3.63) is 24.3 Å². The molecule has 0 bridgehead atoms. The van der Waals surface area contributed by atoms with Crippen LogP contribution in [-0.2, 0) is 10.0 Å². The van der Waals surface area contributed by atoms with Gasteiger partial charge in [0.25, 0.3) is 0 Å². The van der Waals surface area contributed by atoms with E-state index < -0.39 is 10.0 Å². The molecule has 0 aliphatic carbocycles. The van der Waals surface area contributed by atoms with Crippen LogP contribution in [0.3, 0.4) is 0 Å². The first-order valence-corrected chi connectivity index (χ1v) is 7.36. The SMILES string of the molecule is O=S(=O)(c1cccc(S)c1)N1CCCC1CO. The fourth-order valence-electron chi connectivity index (χ4n) is 2.09. The van der Waals surface area contributed by atoms with Gasteiger partial charge in [0.15, 0.2) is 0 Å². The largest absolute Gasteiger partial charge is 0.395 e. The molecule has 1 saturated heterocycles. The Morgan fingerprint density at radius 1 is 1.47 bits per heavy atom. The Hall–Kier alpha value is -0.560. The third kappa shape index (κ3) is 2.49. The van der Waals surface area contributed by atoms with Gasteiger partial charge in [0.1, 0.15) is 0 Å². The van der Waals surface area contributed by atoms with Crippen LogP contribution in [0.2, 0.25) is 0 Å². The van der Waals surface area contributed by atoms with E-state index in [0.29, 0.717) is 11.4 Å². The molecule has 2 rings (SSSR count). The van der Waals surface area contributed by atoms with E-state index in [1.54, 1.807) is 18.2 Å². The Morgan fingerprint density at radius 2 is 2.24 bits per heavy atom. The molecule has 0 saturated carbocycles. The maximum absolute atomic E-state index is 12.3. The summed E-state index contributed by atoms with van der Waals surface area (Å²) in [5.74, 6) is 0. The van der Waals surface area contributed by atoms with E-state index in [1.165, 1.54) is 10.4 Å². The third-order valence-electron chi connectivity index (χ3n) is 2.96. The molecule has 0 radical (unpaired) electrons. The fourth-order valence-corrected chi connectivity index (χ4v) is 4.13. The molecule has 0 spiro atoms. The van der Waals surface area contributed by atoms with E-state index in [2.05, 4.69) is 12.6 Å². The number of hydrogen-bond donors (Lipinski definition) is 2. The normalized spacial score (nSPS) is 21.9. The molecular formula is C11H15NO3S2. The number of benzene rings is 1. The molecular weight excluding hydrogens is 258 g/mol. The summed E-state index contributed by atoms with van der Waals surface area (Å²) in [5.41, 5.74) is 0. The van der Waals surface area contributed by atoms with Crippen LogP contribution >= 0.6 is 12.6 Å². The Morgan fingerprint density at radius 3 is 2.88 bits per heavy atom. The first kappa shape index (κ1) is 12.9. The van der Waals surface area contributed by atoms with E-state index in [0.717, 1.165) is 12.8 Å². The van der Waals surface area contributed by atoms with Crippen molar-refractivity contribution in [2.24, 2.45) is 0 Å². The lowest BCUT2D eigenvalue weighted by atomic mass is 10.2. The van der Waals surface area contributed by atoms with Gasteiger partial charge in [-0.2, -0.15) is 4.31 Å². The highest BCUT2D eigenvalue weighted by Gasteiger charge is 2.34. The highest BCUT2D eigenvalue weighted by atomic mass is 32.2. The lowest BCUT2D eigenvalue weighted by Crippen LogP contribution is -2.37. The summed E-state index contributed by atoms with van der Waals surface area (Å²) >= 11 is 4.14. The van der Waals surface area contributed by atoms with Gasteiger partial charge < -0.3 is 5.11 Å². The van der Waals surface area contributed by atoms with Crippen molar-refractivity contribution < 1.29 is 13.5 Å². The van der Waals surface area contributed by atoms with Crippen LogP contribution in [0.4, 0.5) is 0 Å². The lowest BCUT2D eigenvalue weighted by molar-refractivity contribution is 0.213. The van der Waals surface area contributed by atoms with E-state index in [1.807, 2.05) is 0 Å². The summed E-state index contributed by atoms with van der Waals surface area (Å²) in [6.07, 6.45) is 1.52. The predicted molar refractivity (Wildman–Crippen MR) is 67.7 cm³/mol. The van der Waals surface area contributed by atoms with Gasteiger partial charge in [-0.15, -0.1) is 12.6 Å². The first-order valence-electron chi connectivity index (χ1n) is 5.47. The van der Waals surface area contributed by atoms with Crippen molar-refractivity contribution in [3.63, 3.8) is 0 Å². The highest BCUT2D eigenvalue weighted by Crippen LogP contribution is 2.26. The standard InChI is InChI=1S/C11H15NO3S2/c13-8-9-3-2-6-12(9)17(14,15)11-5-1-4-10(16)7-11/h1,4-5,7,9,13,16H,2-3,6,8H2. The zero-order valence-electron chi connectivity index (χ0n) is 9.28. The zero-order valence-corrected chi connectivity index (χ0v) is 11.0. The molecule has 1 fully saturated rings. The number of thiol groups is 1. The third-order valence-corrected chi connectivity index (χ3v) is 5.18. The maximum atomic E-state index is 12.3. The second-order valence-corrected chi connectivity index (χ2v) is 6.50. The Labute approximate surface area is 107 Å². The van der Waals surface area contributed by atoms with Crippen molar-refractivity contribution in [1.29, 1.82) is 0 Å². The predicted octanol–water partition coefficient (Wildman–Crippen LogP) is 1.12. The number of aliphatic hydroxyl groups excluding tert-OH is 1. The van der Waals surface area contributed by atoms with Crippen molar-refractivity contribution in [3.8, 4) is 0 Å². The highest BCUT2D eigenvalue weighted by molar-refractivity contribution is 7.89. The van der Waals surface area contributed by atoms with Gasteiger partial charge in [-0.3, -0.25) is 0 Å². The summed E-state index contributed by atoms with van der Waals surface area (Å²) in [7, 11) is -3.50. The smallest absolute Gasteiger partial charge is 0.243 e. The van der Waals surface area contributed by atoms with E-state index in [4.69, 9.17) is 0 Å². The minimum Gasteiger partial charge on any atom is -0.395 e. The van der Waals surface area contributed by atoms with Crippen molar-refractivity contribution in [2.75, 3.05) is 13.2 Å². The number of sulfonamides is 1. The molecule has 1 unspecified atom stereocenters. The molecule has 1 atom stereocenters. The van der Waals surface area contributed by atoms with E-state index in [9.17, 15) is 13.5 Å². The molecule has 94 valence electrons. The molecule has 4 nitrogen and oxygen atoms in total. The van der Waals surface area contributed by atoms with Crippen LogP contribution < -0.4 is 0 Å². The minimum absolute atomic E-state index is 0.125. The van der Waals surface area contributed by atoms with Gasteiger partial charge in [0.2, 0.25) is 10.0 Å². The molecule has 17 heavy (non-hydrogen) atoms. The summed E-state index contributed by atoms with van der Waals surface area (Å²) in [6, 6.07) is 6.20. The second-order valence-electron chi connectivity index (χ2n) is 4.09. The molecule has 1 aromatic rings. The average Bonchev–Trinajstić information content (AvgIpc) is 2.77.